The molecule has 8 heteroatoms. The number of fused-ring (bicyclic) bond motifs is 1. The second-order valence-electron chi connectivity index (χ2n) is 9.31. The monoisotopic (exact) mass is 511 g/mol. The molecule has 1 atom stereocenters. The third-order valence-corrected chi connectivity index (χ3v) is 6.85. The number of carbonyl (C=O) groups is 2. The van der Waals surface area contributed by atoms with E-state index in [0.29, 0.717) is 46.5 Å². The van der Waals surface area contributed by atoms with Crippen molar-refractivity contribution in [3.8, 4) is 11.3 Å². The van der Waals surface area contributed by atoms with Crippen LogP contribution in [0.5, 0.6) is 0 Å². The molecule has 38 heavy (non-hydrogen) atoms. The highest BCUT2D eigenvalue weighted by Gasteiger charge is 2.31. The number of morpholine rings is 1. The van der Waals surface area contributed by atoms with Crippen molar-refractivity contribution in [2.24, 2.45) is 0 Å². The number of esters is 1. The number of quaternary nitrogens is 1. The maximum Gasteiger partial charge on any atom is 0.333 e. The zero-order valence-corrected chi connectivity index (χ0v) is 21.1. The summed E-state index contributed by atoms with van der Waals surface area (Å²) >= 11 is 0. The first-order chi connectivity index (χ1) is 18.5. The molecule has 1 saturated heterocycles. The van der Waals surface area contributed by atoms with Crippen molar-refractivity contribution < 1.29 is 23.7 Å². The predicted octanol–water partition coefficient (Wildman–Crippen LogP) is 4.39. The van der Waals surface area contributed by atoms with Crippen LogP contribution in [-0.4, -0.2) is 54.9 Å². The van der Waals surface area contributed by atoms with E-state index in [1.165, 1.54) is 7.11 Å². The fourth-order valence-corrected chi connectivity index (χ4v) is 4.87. The number of aromatic nitrogens is 1. The van der Waals surface area contributed by atoms with Gasteiger partial charge >= 0.3 is 5.97 Å². The summed E-state index contributed by atoms with van der Waals surface area (Å²) < 4.78 is 9.93. The molecule has 1 aliphatic heterocycles. The van der Waals surface area contributed by atoms with Gasteiger partial charge in [-0.2, -0.15) is 0 Å². The van der Waals surface area contributed by atoms with Gasteiger partial charge in [0.2, 0.25) is 0 Å². The number of para-hydroxylation sites is 1. The van der Waals surface area contributed by atoms with E-state index < -0.39 is 22.6 Å². The standard InChI is InChI=1S/C30H29N3O5/c1-37-30(35)28(22-12-6-3-7-13-22)32-29(34)26-23-14-8-9-15-25(23)31-27(21-10-4-2-5-11-21)24(26)20-33(36)16-18-38-19-17-33/h2-15,28H,16-20H2,1H3,(H,32,34). The Bertz CT molecular complexity index is 1440. The minimum Gasteiger partial charge on any atom is -0.632 e. The number of nitrogens with zero attached hydrogens (tertiary/aromatic N) is 2. The molecule has 5 rings (SSSR count). The highest BCUT2D eigenvalue weighted by molar-refractivity contribution is 6.10. The van der Waals surface area contributed by atoms with E-state index in [4.69, 9.17) is 14.5 Å². The van der Waals surface area contributed by atoms with Crippen molar-refractivity contribution >= 4 is 22.8 Å². The van der Waals surface area contributed by atoms with Crippen molar-refractivity contribution in [1.29, 1.82) is 0 Å². The summed E-state index contributed by atoms with van der Waals surface area (Å²) in [4.78, 5) is 31.8. The summed E-state index contributed by atoms with van der Waals surface area (Å²) in [5.41, 5.74) is 3.46. The third kappa shape index (κ3) is 5.28. The summed E-state index contributed by atoms with van der Waals surface area (Å²) in [6.45, 7) is 1.30. The highest BCUT2D eigenvalue weighted by atomic mass is 16.6. The number of hydroxylamine groups is 3. The second kappa shape index (κ2) is 11.1. The van der Waals surface area contributed by atoms with Gasteiger partial charge in [0, 0.05) is 16.5 Å². The Morgan fingerprint density at radius 3 is 2.29 bits per heavy atom. The number of amides is 1. The smallest absolute Gasteiger partial charge is 0.333 e. The molecule has 8 nitrogen and oxygen atoms in total. The quantitative estimate of drug-likeness (QED) is 0.224. The van der Waals surface area contributed by atoms with Crippen molar-refractivity contribution in [2.45, 2.75) is 12.6 Å². The van der Waals surface area contributed by atoms with Crippen LogP contribution < -0.4 is 5.32 Å². The summed E-state index contributed by atoms with van der Waals surface area (Å²) in [5.74, 6) is -1.07. The van der Waals surface area contributed by atoms with Crippen LogP contribution in [0.25, 0.3) is 22.2 Å². The van der Waals surface area contributed by atoms with Gasteiger partial charge < -0.3 is 24.6 Å². The lowest BCUT2D eigenvalue weighted by Gasteiger charge is -2.45. The SMILES string of the molecule is COC(=O)C(NC(=O)c1c(C[N+]2([O-])CCOCC2)c(-c2ccccc2)nc2ccccc12)c1ccccc1. The van der Waals surface area contributed by atoms with E-state index in [1.54, 1.807) is 24.3 Å². The van der Waals surface area contributed by atoms with Gasteiger partial charge in [-0.05, 0) is 11.6 Å². The summed E-state index contributed by atoms with van der Waals surface area (Å²) in [5, 5.41) is 17.3. The molecule has 1 N–H and O–H groups in total. The molecule has 0 radical (unpaired) electrons. The minimum absolute atomic E-state index is 0.0441. The number of carbonyl (C=O) groups excluding carboxylic acids is 2. The van der Waals surface area contributed by atoms with Crippen LogP contribution in [-0.2, 0) is 20.8 Å². The lowest BCUT2D eigenvalue weighted by Crippen LogP contribution is -2.50. The fraction of sp³-hybridized carbons (Fsp3) is 0.233. The molecular formula is C30H29N3O5. The summed E-state index contributed by atoms with van der Waals surface area (Å²) in [7, 11) is 1.29. The van der Waals surface area contributed by atoms with Gasteiger partial charge in [-0.3, -0.25) is 4.79 Å². The molecule has 2 heterocycles. The van der Waals surface area contributed by atoms with Crippen LogP contribution in [0.2, 0.25) is 0 Å². The van der Waals surface area contributed by atoms with Crippen LogP contribution in [0.3, 0.4) is 0 Å². The van der Waals surface area contributed by atoms with Gasteiger partial charge in [-0.15, -0.1) is 0 Å². The number of methoxy groups -OCH3 is 1. The average molecular weight is 512 g/mol. The lowest BCUT2D eigenvalue weighted by molar-refractivity contribution is -0.901. The molecule has 1 fully saturated rings. The highest BCUT2D eigenvalue weighted by Crippen LogP contribution is 2.33. The Hall–Kier alpha value is -4.11. The van der Waals surface area contributed by atoms with Crippen LogP contribution in [0.1, 0.15) is 27.5 Å². The van der Waals surface area contributed by atoms with E-state index in [1.807, 2.05) is 60.7 Å². The predicted molar refractivity (Wildman–Crippen MR) is 144 cm³/mol. The number of hydrogen-bond donors (Lipinski definition) is 1. The molecule has 4 aromatic rings. The molecule has 1 amide bonds. The van der Waals surface area contributed by atoms with Crippen molar-refractivity contribution in [1.82, 2.24) is 10.3 Å². The third-order valence-electron chi connectivity index (χ3n) is 6.85. The Labute approximate surface area is 221 Å². The fourth-order valence-electron chi connectivity index (χ4n) is 4.87. The van der Waals surface area contributed by atoms with Gasteiger partial charge in [-0.25, -0.2) is 9.78 Å². The number of ether oxygens (including phenoxy) is 2. The van der Waals surface area contributed by atoms with Crippen molar-refractivity contribution in [3.05, 3.63) is 107 Å². The van der Waals surface area contributed by atoms with Crippen molar-refractivity contribution in [2.75, 3.05) is 33.4 Å². The van der Waals surface area contributed by atoms with Crippen LogP contribution in [0.4, 0.5) is 0 Å². The normalized spacial score (nSPS) is 15.5. The van der Waals surface area contributed by atoms with E-state index in [9.17, 15) is 14.8 Å². The second-order valence-corrected chi connectivity index (χ2v) is 9.31. The zero-order chi connectivity index (χ0) is 26.5. The van der Waals surface area contributed by atoms with Crippen LogP contribution in [0.15, 0.2) is 84.9 Å². The number of rotatable bonds is 7. The molecule has 3 aromatic carbocycles. The van der Waals surface area contributed by atoms with E-state index in [-0.39, 0.29) is 19.6 Å². The van der Waals surface area contributed by atoms with Gasteiger partial charge in [0.1, 0.15) is 19.6 Å². The van der Waals surface area contributed by atoms with Gasteiger partial charge in [0.15, 0.2) is 6.04 Å². The summed E-state index contributed by atoms with van der Waals surface area (Å²) in [6.07, 6.45) is 0. The van der Waals surface area contributed by atoms with Gasteiger partial charge in [0.25, 0.3) is 5.91 Å². The minimum atomic E-state index is -1.02. The van der Waals surface area contributed by atoms with E-state index in [2.05, 4.69) is 5.32 Å². The Morgan fingerprint density at radius 2 is 1.61 bits per heavy atom. The molecule has 1 unspecified atom stereocenters. The number of pyridine rings is 1. The zero-order valence-electron chi connectivity index (χ0n) is 21.1. The van der Waals surface area contributed by atoms with Crippen molar-refractivity contribution in [3.63, 3.8) is 0 Å². The first-order valence-electron chi connectivity index (χ1n) is 12.5. The van der Waals surface area contributed by atoms with Gasteiger partial charge in [0.05, 0.1) is 37.1 Å². The van der Waals surface area contributed by atoms with E-state index >= 15 is 0 Å². The average Bonchev–Trinajstić information content (AvgIpc) is 2.96. The molecule has 0 saturated carbocycles. The first kappa shape index (κ1) is 25.5. The lowest BCUT2D eigenvalue weighted by atomic mass is 9.94. The Balaban J connectivity index is 1.69. The van der Waals surface area contributed by atoms with Crippen LogP contribution in [0, 0.1) is 5.21 Å². The molecular weight excluding hydrogens is 482 g/mol. The number of benzene rings is 3. The molecule has 0 spiro atoms. The molecule has 194 valence electrons. The first-order valence-corrected chi connectivity index (χ1v) is 12.5. The number of hydrogen-bond acceptors (Lipinski definition) is 6. The van der Waals surface area contributed by atoms with Gasteiger partial charge in [-0.1, -0.05) is 78.9 Å². The molecule has 0 aliphatic carbocycles. The largest absolute Gasteiger partial charge is 0.632 e. The maximum atomic E-state index is 14.1. The molecule has 1 aliphatic rings. The summed E-state index contributed by atoms with van der Waals surface area (Å²) in [6, 6.07) is 24.8. The number of nitrogens with one attached hydrogen (secondary N) is 1. The Kier molecular flexibility index (Phi) is 7.46. The molecule has 1 aromatic heterocycles. The van der Waals surface area contributed by atoms with Crippen LogP contribution >= 0.6 is 0 Å². The van der Waals surface area contributed by atoms with E-state index in [0.717, 1.165) is 5.56 Å². The topological polar surface area (TPSA) is 101 Å². The molecule has 0 bridgehead atoms. The maximum absolute atomic E-state index is 14.1. The Morgan fingerprint density at radius 1 is 0.974 bits per heavy atom.